The van der Waals surface area contributed by atoms with Crippen molar-refractivity contribution in [3.8, 4) is 0 Å². The molecule has 82 valence electrons. The molecular formula is C11H21NO2. The van der Waals surface area contributed by atoms with E-state index in [1.165, 1.54) is 0 Å². The highest BCUT2D eigenvalue weighted by Gasteiger charge is 2.19. The van der Waals surface area contributed by atoms with Crippen LogP contribution in [0.15, 0.2) is 0 Å². The van der Waals surface area contributed by atoms with Crippen molar-refractivity contribution >= 4 is 5.78 Å². The maximum absolute atomic E-state index is 11.4. The number of rotatable bonds is 5. The normalized spacial score (nSPS) is 22.2. The monoisotopic (exact) mass is 199 g/mol. The summed E-state index contributed by atoms with van der Waals surface area (Å²) in [6.07, 6.45) is 2.65. The first-order valence-electron chi connectivity index (χ1n) is 5.42. The molecule has 0 spiro atoms. The fraction of sp³-hybridized carbons (Fsp3) is 0.909. The van der Waals surface area contributed by atoms with Crippen LogP contribution < -0.4 is 0 Å². The van der Waals surface area contributed by atoms with E-state index in [1.54, 1.807) is 0 Å². The van der Waals surface area contributed by atoms with Crippen LogP contribution in [-0.2, 0) is 9.53 Å². The minimum atomic E-state index is 0.141. The first-order chi connectivity index (χ1) is 6.59. The second kappa shape index (κ2) is 5.47. The second-order valence-electron chi connectivity index (χ2n) is 4.45. The number of likely N-dealkylation sites (N-methyl/N-ethyl adjacent to an activating group) is 1. The molecule has 0 amide bonds. The van der Waals surface area contributed by atoms with Gasteiger partial charge in [0.1, 0.15) is 5.78 Å². The molecule has 0 saturated carbocycles. The lowest BCUT2D eigenvalue weighted by atomic mass is 10.1. The van der Waals surface area contributed by atoms with E-state index in [-0.39, 0.29) is 5.92 Å². The van der Waals surface area contributed by atoms with Crippen molar-refractivity contribution in [1.82, 2.24) is 4.90 Å². The lowest BCUT2D eigenvalue weighted by molar-refractivity contribution is -0.123. The zero-order chi connectivity index (χ0) is 10.6. The number of ketones is 1. The van der Waals surface area contributed by atoms with Crippen LogP contribution in [0.25, 0.3) is 0 Å². The number of carbonyl (C=O) groups is 1. The molecule has 1 fully saturated rings. The fourth-order valence-electron chi connectivity index (χ4n) is 1.65. The molecule has 3 heteroatoms. The van der Waals surface area contributed by atoms with Gasteiger partial charge in [-0.3, -0.25) is 9.69 Å². The number of hydrogen-bond donors (Lipinski definition) is 0. The Labute approximate surface area is 86.4 Å². The standard InChI is InChI=1S/C11H21NO2/c1-9(2)11(13)8-12(3)7-10-5-4-6-14-10/h9-10H,4-8H2,1-3H3. The number of Topliss-reactive ketones (excluding diaryl/α,β-unsaturated/α-hetero) is 1. The Hall–Kier alpha value is -0.410. The van der Waals surface area contributed by atoms with Crippen LogP contribution in [0.3, 0.4) is 0 Å². The van der Waals surface area contributed by atoms with Crippen molar-refractivity contribution in [2.45, 2.75) is 32.8 Å². The maximum Gasteiger partial charge on any atom is 0.149 e. The van der Waals surface area contributed by atoms with Crippen LogP contribution in [-0.4, -0.2) is 43.5 Å². The molecule has 1 atom stereocenters. The van der Waals surface area contributed by atoms with Crippen LogP contribution >= 0.6 is 0 Å². The third-order valence-electron chi connectivity index (χ3n) is 2.61. The zero-order valence-corrected chi connectivity index (χ0v) is 9.45. The van der Waals surface area contributed by atoms with Gasteiger partial charge in [-0.2, -0.15) is 0 Å². The summed E-state index contributed by atoms with van der Waals surface area (Å²) in [6.45, 7) is 6.22. The molecular weight excluding hydrogens is 178 g/mol. The van der Waals surface area contributed by atoms with Crippen LogP contribution in [0.4, 0.5) is 0 Å². The van der Waals surface area contributed by atoms with Crippen LogP contribution in [0.1, 0.15) is 26.7 Å². The molecule has 0 aromatic carbocycles. The first-order valence-corrected chi connectivity index (χ1v) is 5.42. The van der Waals surface area contributed by atoms with Crippen molar-refractivity contribution < 1.29 is 9.53 Å². The summed E-state index contributed by atoms with van der Waals surface area (Å²) in [4.78, 5) is 13.5. The van der Waals surface area contributed by atoms with Gasteiger partial charge in [-0.1, -0.05) is 13.8 Å². The van der Waals surface area contributed by atoms with E-state index >= 15 is 0 Å². The summed E-state index contributed by atoms with van der Waals surface area (Å²) in [6, 6.07) is 0. The number of ether oxygens (including phenoxy) is 1. The van der Waals surface area contributed by atoms with Gasteiger partial charge in [0.05, 0.1) is 12.6 Å². The number of carbonyl (C=O) groups excluding carboxylic acids is 1. The Bertz CT molecular complexity index is 186. The summed E-state index contributed by atoms with van der Waals surface area (Å²) >= 11 is 0. The predicted molar refractivity (Wildman–Crippen MR) is 56.3 cm³/mol. The van der Waals surface area contributed by atoms with E-state index in [4.69, 9.17) is 4.74 Å². The van der Waals surface area contributed by atoms with Gasteiger partial charge in [0.25, 0.3) is 0 Å². The minimum Gasteiger partial charge on any atom is -0.377 e. The highest BCUT2D eigenvalue weighted by Crippen LogP contribution is 2.12. The number of hydrogen-bond acceptors (Lipinski definition) is 3. The Kier molecular flexibility index (Phi) is 4.55. The molecule has 0 N–H and O–H groups in total. The highest BCUT2D eigenvalue weighted by atomic mass is 16.5. The molecule has 14 heavy (non-hydrogen) atoms. The Morgan fingerprint density at radius 3 is 2.79 bits per heavy atom. The van der Waals surface area contributed by atoms with Gasteiger partial charge in [0.15, 0.2) is 0 Å². The van der Waals surface area contributed by atoms with Gasteiger partial charge in [-0.25, -0.2) is 0 Å². The quantitative estimate of drug-likeness (QED) is 0.669. The van der Waals surface area contributed by atoms with Crippen LogP contribution in [0.5, 0.6) is 0 Å². The van der Waals surface area contributed by atoms with Gasteiger partial charge in [0, 0.05) is 19.1 Å². The smallest absolute Gasteiger partial charge is 0.149 e. The molecule has 0 bridgehead atoms. The van der Waals surface area contributed by atoms with Crippen molar-refractivity contribution in [1.29, 1.82) is 0 Å². The van der Waals surface area contributed by atoms with Crippen molar-refractivity contribution in [3.05, 3.63) is 0 Å². The summed E-state index contributed by atoms with van der Waals surface area (Å²) in [5.41, 5.74) is 0. The third kappa shape index (κ3) is 3.76. The summed E-state index contributed by atoms with van der Waals surface area (Å²) in [5, 5.41) is 0. The second-order valence-corrected chi connectivity index (χ2v) is 4.45. The fourth-order valence-corrected chi connectivity index (χ4v) is 1.65. The molecule has 0 aliphatic carbocycles. The van der Waals surface area contributed by atoms with Crippen molar-refractivity contribution in [2.24, 2.45) is 5.92 Å². The van der Waals surface area contributed by atoms with Gasteiger partial charge in [-0.05, 0) is 19.9 Å². The molecule has 1 heterocycles. The van der Waals surface area contributed by atoms with E-state index < -0.39 is 0 Å². The Morgan fingerprint density at radius 2 is 2.29 bits per heavy atom. The largest absolute Gasteiger partial charge is 0.377 e. The molecule has 1 aliphatic heterocycles. The third-order valence-corrected chi connectivity index (χ3v) is 2.61. The SMILES string of the molecule is CC(C)C(=O)CN(C)CC1CCCO1. The summed E-state index contributed by atoms with van der Waals surface area (Å²) in [5.74, 6) is 0.451. The summed E-state index contributed by atoms with van der Waals surface area (Å²) < 4.78 is 5.51. The van der Waals surface area contributed by atoms with Gasteiger partial charge in [-0.15, -0.1) is 0 Å². The van der Waals surface area contributed by atoms with Crippen molar-refractivity contribution in [3.63, 3.8) is 0 Å². The topological polar surface area (TPSA) is 29.5 Å². The Balaban J connectivity index is 2.20. The summed E-state index contributed by atoms with van der Waals surface area (Å²) in [7, 11) is 1.99. The minimum absolute atomic E-state index is 0.141. The van der Waals surface area contributed by atoms with Crippen LogP contribution in [0.2, 0.25) is 0 Å². The lowest BCUT2D eigenvalue weighted by Crippen LogP contribution is -2.34. The molecule has 0 aromatic rings. The van der Waals surface area contributed by atoms with E-state index in [2.05, 4.69) is 4.90 Å². The zero-order valence-electron chi connectivity index (χ0n) is 9.45. The first kappa shape index (κ1) is 11.7. The molecule has 1 rings (SSSR count). The van der Waals surface area contributed by atoms with E-state index in [9.17, 15) is 4.79 Å². The highest BCUT2D eigenvalue weighted by molar-refractivity contribution is 5.82. The van der Waals surface area contributed by atoms with Crippen LogP contribution in [0, 0.1) is 5.92 Å². The lowest BCUT2D eigenvalue weighted by Gasteiger charge is -2.20. The molecule has 0 radical (unpaired) electrons. The van der Waals surface area contributed by atoms with Gasteiger partial charge < -0.3 is 4.74 Å². The molecule has 1 unspecified atom stereocenters. The van der Waals surface area contributed by atoms with Crippen molar-refractivity contribution in [2.75, 3.05) is 26.7 Å². The molecule has 3 nitrogen and oxygen atoms in total. The van der Waals surface area contributed by atoms with E-state index in [0.717, 1.165) is 26.0 Å². The average molecular weight is 199 g/mol. The molecule has 1 saturated heterocycles. The molecule has 1 aliphatic rings. The maximum atomic E-state index is 11.4. The Morgan fingerprint density at radius 1 is 1.57 bits per heavy atom. The average Bonchev–Trinajstić information content (AvgIpc) is 2.56. The van der Waals surface area contributed by atoms with E-state index in [1.807, 2.05) is 20.9 Å². The van der Waals surface area contributed by atoms with E-state index in [0.29, 0.717) is 18.4 Å². The predicted octanol–water partition coefficient (Wildman–Crippen LogP) is 1.32. The molecule has 0 aromatic heterocycles. The van der Waals surface area contributed by atoms with Gasteiger partial charge >= 0.3 is 0 Å². The number of nitrogens with zero attached hydrogens (tertiary/aromatic N) is 1. The van der Waals surface area contributed by atoms with Gasteiger partial charge in [0.2, 0.25) is 0 Å².